The van der Waals surface area contributed by atoms with E-state index in [-0.39, 0.29) is 0 Å². The van der Waals surface area contributed by atoms with Gasteiger partial charge in [-0.05, 0) is 0 Å². The number of hydrogen-bond donors (Lipinski definition) is 0. The van der Waals surface area contributed by atoms with Crippen LogP contribution in [0.15, 0.2) is 60.7 Å². The van der Waals surface area contributed by atoms with Crippen LogP contribution in [0.25, 0.3) is 21.5 Å². The van der Waals surface area contributed by atoms with Gasteiger partial charge in [-0.3, -0.25) is 0 Å². The van der Waals surface area contributed by atoms with Crippen molar-refractivity contribution < 1.29 is 36.0 Å². The summed E-state index contributed by atoms with van der Waals surface area (Å²) in [5, 5.41) is 4.50. The molecule has 0 bridgehead atoms. The second-order valence-electron chi connectivity index (χ2n) is 5.74. The molecule has 0 aliphatic carbocycles. The van der Waals surface area contributed by atoms with Crippen LogP contribution in [0.1, 0.15) is 0 Å². The van der Waals surface area contributed by atoms with Crippen LogP contribution in [-0.4, -0.2) is 28.4 Å². The molecule has 0 fully saturated rings. The molecule has 0 aromatic heterocycles. The molecule has 29 heavy (non-hydrogen) atoms. The molecule has 4 rings (SSSR count). The van der Waals surface area contributed by atoms with Crippen LogP contribution < -0.4 is 18.9 Å². The third-order valence-electron chi connectivity index (χ3n) is 4.28. The minimum atomic E-state index is -0.556. The first-order chi connectivity index (χ1) is 14.1. The van der Waals surface area contributed by atoms with Gasteiger partial charge in [-0.2, -0.15) is 0 Å². The first-order valence-corrected chi connectivity index (χ1v) is 12.9. The standard InChI is InChI=1S/2C11H11O2.2ClH.Ti/c2*1-12-10-7-8-5-3-4-6-9(8)11(10)13-2;;;/h2*3-7H,1-2H3;2*1H;/q2*-1;;;+2/p-2. The molecule has 0 N–H and O–H groups in total. The van der Waals surface area contributed by atoms with E-state index in [4.69, 9.17) is 37.6 Å². The molecule has 4 nitrogen and oxygen atoms in total. The molecule has 0 spiro atoms. The van der Waals surface area contributed by atoms with E-state index in [1.807, 2.05) is 60.7 Å². The molecule has 0 aliphatic heterocycles. The topological polar surface area (TPSA) is 36.9 Å². The summed E-state index contributed by atoms with van der Waals surface area (Å²) in [5.74, 6) is 3.23. The number of ether oxygens (including phenoxy) is 4. The van der Waals surface area contributed by atoms with Crippen molar-refractivity contribution in [3.8, 4) is 23.0 Å². The molecule has 0 unspecified atom stereocenters. The van der Waals surface area contributed by atoms with Crippen molar-refractivity contribution in [1.82, 2.24) is 0 Å². The van der Waals surface area contributed by atoms with E-state index in [1.165, 1.54) is 0 Å². The van der Waals surface area contributed by atoms with Crippen molar-refractivity contribution in [2.75, 3.05) is 28.4 Å². The summed E-state index contributed by atoms with van der Waals surface area (Å²) in [7, 11) is 16.4. The Morgan fingerprint density at radius 3 is 1.28 bits per heavy atom. The van der Waals surface area contributed by atoms with Crippen LogP contribution in [0.3, 0.4) is 0 Å². The van der Waals surface area contributed by atoms with Crippen LogP contribution >= 0.6 is 18.6 Å². The van der Waals surface area contributed by atoms with E-state index in [0.29, 0.717) is 0 Å². The van der Waals surface area contributed by atoms with E-state index in [9.17, 15) is 0 Å². The minimum absolute atomic E-state index is 0.556. The summed E-state index contributed by atoms with van der Waals surface area (Å²) in [4.78, 5) is 0. The molecule has 4 aromatic carbocycles. The van der Waals surface area contributed by atoms with Crippen LogP contribution in [0.5, 0.6) is 23.0 Å². The van der Waals surface area contributed by atoms with Gasteiger partial charge in [-0.15, -0.1) is 59.3 Å². The molecule has 4 aromatic rings. The summed E-state index contributed by atoms with van der Waals surface area (Å²) in [5.41, 5.74) is 0. The molecule has 154 valence electrons. The van der Waals surface area contributed by atoms with Gasteiger partial charge in [0.2, 0.25) is 0 Å². The number of fused-ring (bicyclic) bond motifs is 2. The molecular formula is C22H22Cl2O4Ti-2. The Bertz CT molecular complexity index is 944. The Morgan fingerprint density at radius 1 is 0.621 bits per heavy atom. The first kappa shape index (κ1) is 23.4. The van der Waals surface area contributed by atoms with Gasteiger partial charge >= 0.3 is 35.6 Å². The Labute approximate surface area is 187 Å². The predicted octanol–water partition coefficient (Wildman–Crippen LogP) is 6.53. The first-order valence-electron chi connectivity index (χ1n) is 8.64. The predicted molar refractivity (Wildman–Crippen MR) is 117 cm³/mol. The zero-order valence-electron chi connectivity index (χ0n) is 16.7. The number of rotatable bonds is 4. The van der Waals surface area contributed by atoms with E-state index >= 15 is 0 Å². The molecule has 0 saturated heterocycles. The average molecular weight is 469 g/mol. The van der Waals surface area contributed by atoms with Gasteiger partial charge < -0.3 is 18.9 Å². The van der Waals surface area contributed by atoms with Crippen molar-refractivity contribution in [3.63, 3.8) is 0 Å². The van der Waals surface area contributed by atoms with Gasteiger partial charge in [-0.1, -0.05) is 22.9 Å². The van der Waals surface area contributed by atoms with E-state index < -0.39 is 17.0 Å². The van der Waals surface area contributed by atoms with Crippen molar-refractivity contribution >= 4 is 40.2 Å². The molecule has 0 amide bonds. The Kier molecular flexibility index (Phi) is 9.69. The summed E-state index contributed by atoms with van der Waals surface area (Å²) in [6.45, 7) is 0. The third kappa shape index (κ3) is 5.61. The molecular weight excluding hydrogens is 447 g/mol. The SMILES string of the molecule is COc1[cH-]c2ccccc2c1OC.COc1[cH-]c2ccccc2c1OC.[Cl][Ti][Cl]. The monoisotopic (exact) mass is 468 g/mol. The molecule has 7 heteroatoms. The third-order valence-corrected chi connectivity index (χ3v) is 4.28. The van der Waals surface area contributed by atoms with Crippen LogP contribution in [0.4, 0.5) is 0 Å². The Morgan fingerprint density at radius 2 is 0.966 bits per heavy atom. The van der Waals surface area contributed by atoms with Crippen molar-refractivity contribution in [2.24, 2.45) is 0 Å². The summed E-state index contributed by atoms with van der Waals surface area (Å²) < 4.78 is 20.9. The van der Waals surface area contributed by atoms with Gasteiger partial charge in [0.15, 0.2) is 0 Å². The second kappa shape index (κ2) is 12.0. The molecule has 0 atom stereocenters. The van der Waals surface area contributed by atoms with Crippen molar-refractivity contribution in [1.29, 1.82) is 0 Å². The van der Waals surface area contributed by atoms with Gasteiger partial charge in [0.05, 0.1) is 51.4 Å². The Hall–Kier alpha value is -1.85. The van der Waals surface area contributed by atoms with E-state index in [2.05, 4.69) is 0 Å². The van der Waals surface area contributed by atoms with Gasteiger partial charge in [-0.25, -0.2) is 0 Å². The van der Waals surface area contributed by atoms with Crippen molar-refractivity contribution in [3.05, 3.63) is 60.7 Å². The molecule has 0 saturated carbocycles. The van der Waals surface area contributed by atoms with Crippen LogP contribution in [0.2, 0.25) is 0 Å². The number of halogens is 2. The fraction of sp³-hybridized carbons (Fsp3) is 0.182. The van der Waals surface area contributed by atoms with Gasteiger partial charge in [0.25, 0.3) is 0 Å². The fourth-order valence-corrected chi connectivity index (χ4v) is 3.06. The molecule has 0 heterocycles. The van der Waals surface area contributed by atoms with Crippen molar-refractivity contribution in [2.45, 2.75) is 0 Å². The van der Waals surface area contributed by atoms with E-state index in [0.717, 1.165) is 44.5 Å². The summed E-state index contributed by atoms with van der Waals surface area (Å²) in [6, 6.07) is 20.1. The van der Waals surface area contributed by atoms with Crippen LogP contribution in [0, 0.1) is 0 Å². The normalized spacial score (nSPS) is 9.72. The number of methoxy groups -OCH3 is 4. The zero-order valence-corrected chi connectivity index (χ0v) is 19.7. The van der Waals surface area contributed by atoms with Gasteiger partial charge in [0.1, 0.15) is 0 Å². The number of benzene rings is 2. The maximum atomic E-state index is 5.26. The van der Waals surface area contributed by atoms with Gasteiger partial charge in [0, 0.05) is 0 Å². The average Bonchev–Trinajstić information content (AvgIpc) is 3.31. The fourth-order valence-electron chi connectivity index (χ4n) is 3.06. The Balaban J connectivity index is 0.000000183. The summed E-state index contributed by atoms with van der Waals surface area (Å²) >= 11 is -0.556. The van der Waals surface area contributed by atoms with E-state index in [1.54, 1.807) is 28.4 Å². The molecule has 0 aliphatic rings. The maximum absolute atomic E-state index is 5.26. The number of hydrogen-bond acceptors (Lipinski definition) is 4. The van der Waals surface area contributed by atoms with Crippen LogP contribution in [-0.2, 0) is 17.0 Å². The summed E-state index contributed by atoms with van der Waals surface area (Å²) in [6.07, 6.45) is 0. The second-order valence-corrected chi connectivity index (χ2v) is 8.32. The molecule has 0 radical (unpaired) electrons. The quantitative estimate of drug-likeness (QED) is 0.252. The zero-order chi connectivity index (χ0) is 21.2.